The zero-order valence-corrected chi connectivity index (χ0v) is 15.5. The van der Waals surface area contributed by atoms with Gasteiger partial charge < -0.3 is 18.6 Å². The first-order valence-corrected chi connectivity index (χ1v) is 8.48. The molecule has 0 atom stereocenters. The number of esters is 2. The van der Waals surface area contributed by atoms with Gasteiger partial charge in [0, 0.05) is 6.92 Å². The molecule has 7 nitrogen and oxygen atoms in total. The second kappa shape index (κ2) is 7.57. The summed E-state index contributed by atoms with van der Waals surface area (Å²) in [6.45, 7) is 3.49. The predicted octanol–water partition coefficient (Wildman–Crippen LogP) is 3.71. The molecule has 26 heavy (non-hydrogen) atoms. The molecule has 0 amide bonds. The van der Waals surface area contributed by atoms with E-state index >= 15 is 0 Å². The number of benzene rings is 1. The molecule has 2 heterocycles. The molecule has 0 saturated heterocycles. The summed E-state index contributed by atoms with van der Waals surface area (Å²) < 4.78 is 21.5. The van der Waals surface area contributed by atoms with Gasteiger partial charge in [0.25, 0.3) is 5.90 Å². The van der Waals surface area contributed by atoms with Gasteiger partial charge in [-0.2, -0.15) is 0 Å². The van der Waals surface area contributed by atoms with Crippen LogP contribution in [0.5, 0.6) is 11.5 Å². The molecular weight excluding hydrogens is 406 g/mol. The number of cyclic esters (lactones) is 1. The average Bonchev–Trinajstić information content (AvgIpc) is 3.21. The molecule has 0 radical (unpaired) electrons. The van der Waals surface area contributed by atoms with E-state index in [0.29, 0.717) is 28.2 Å². The Kier molecular flexibility index (Phi) is 5.22. The van der Waals surface area contributed by atoms with Crippen LogP contribution in [0.15, 0.2) is 50.1 Å². The number of hydrogen-bond donors (Lipinski definition) is 0. The van der Waals surface area contributed by atoms with E-state index in [1.165, 1.54) is 13.2 Å². The van der Waals surface area contributed by atoms with E-state index < -0.39 is 11.9 Å². The monoisotopic (exact) mass is 419 g/mol. The van der Waals surface area contributed by atoms with Gasteiger partial charge in [0.2, 0.25) is 0 Å². The topological polar surface area (TPSA) is 87.3 Å². The van der Waals surface area contributed by atoms with Crippen LogP contribution in [0.1, 0.15) is 25.2 Å². The Bertz CT molecular complexity index is 914. The van der Waals surface area contributed by atoms with Gasteiger partial charge in [-0.05, 0) is 58.8 Å². The molecule has 0 spiro atoms. The third-order valence-corrected chi connectivity index (χ3v) is 3.82. The van der Waals surface area contributed by atoms with Crippen molar-refractivity contribution in [1.29, 1.82) is 0 Å². The van der Waals surface area contributed by atoms with Crippen molar-refractivity contribution in [3.05, 3.63) is 52.0 Å². The van der Waals surface area contributed by atoms with Crippen molar-refractivity contribution in [3.8, 4) is 11.5 Å². The quantitative estimate of drug-likeness (QED) is 0.417. The van der Waals surface area contributed by atoms with Gasteiger partial charge in [-0.1, -0.05) is 0 Å². The highest BCUT2D eigenvalue weighted by Gasteiger charge is 2.26. The highest BCUT2D eigenvalue weighted by molar-refractivity contribution is 9.10. The molecule has 134 valence electrons. The Morgan fingerprint density at radius 2 is 2.19 bits per heavy atom. The normalized spacial score (nSPS) is 15.0. The molecular formula is C18H14BrNO6. The fourth-order valence-corrected chi connectivity index (χ4v) is 2.79. The number of carbonyl (C=O) groups excluding carboxylic acids is 2. The lowest BCUT2D eigenvalue weighted by atomic mass is 10.1. The molecule has 0 saturated carbocycles. The summed E-state index contributed by atoms with van der Waals surface area (Å²) in [6, 6.07) is 6.65. The van der Waals surface area contributed by atoms with Crippen LogP contribution in [-0.2, 0) is 14.3 Å². The van der Waals surface area contributed by atoms with Crippen LogP contribution >= 0.6 is 15.9 Å². The lowest BCUT2D eigenvalue weighted by Gasteiger charge is -2.12. The lowest BCUT2D eigenvalue weighted by Crippen LogP contribution is -2.05. The van der Waals surface area contributed by atoms with Gasteiger partial charge in [0.05, 0.1) is 17.3 Å². The number of nitrogens with zero attached hydrogens (tertiary/aromatic N) is 1. The van der Waals surface area contributed by atoms with Crippen molar-refractivity contribution in [3.63, 3.8) is 0 Å². The summed E-state index contributed by atoms with van der Waals surface area (Å²) in [7, 11) is 0. The third kappa shape index (κ3) is 3.85. The first-order valence-electron chi connectivity index (χ1n) is 7.69. The fourth-order valence-electron chi connectivity index (χ4n) is 2.25. The summed E-state index contributed by atoms with van der Waals surface area (Å²) in [5.41, 5.74) is 0.735. The highest BCUT2D eigenvalue weighted by atomic mass is 79.9. The molecule has 1 aliphatic heterocycles. The van der Waals surface area contributed by atoms with Crippen molar-refractivity contribution in [2.45, 2.75) is 13.8 Å². The van der Waals surface area contributed by atoms with E-state index in [1.807, 2.05) is 6.92 Å². The molecule has 0 unspecified atom stereocenters. The van der Waals surface area contributed by atoms with Crippen LogP contribution < -0.4 is 9.47 Å². The van der Waals surface area contributed by atoms with Crippen molar-refractivity contribution >= 4 is 39.8 Å². The van der Waals surface area contributed by atoms with E-state index in [4.69, 9.17) is 18.6 Å². The maximum Gasteiger partial charge on any atom is 0.363 e. The Morgan fingerprint density at radius 1 is 1.38 bits per heavy atom. The number of carbonyl (C=O) groups is 2. The van der Waals surface area contributed by atoms with E-state index in [-0.39, 0.29) is 17.3 Å². The number of halogens is 1. The summed E-state index contributed by atoms with van der Waals surface area (Å²) in [5.74, 6) is 0.0511. The summed E-state index contributed by atoms with van der Waals surface area (Å²) in [4.78, 5) is 27.5. The van der Waals surface area contributed by atoms with E-state index in [9.17, 15) is 9.59 Å². The predicted molar refractivity (Wildman–Crippen MR) is 95.9 cm³/mol. The second-order valence-electron chi connectivity index (χ2n) is 5.17. The standard InChI is InChI=1S/C18H14BrNO6/c1-3-23-15-9-11(7-12(19)16(15)25-10(2)21)8-13-18(22)26-17(20-13)14-5-4-6-24-14/h4-9H,3H2,1-2H3/b13-8-. The van der Waals surface area contributed by atoms with E-state index in [2.05, 4.69) is 20.9 Å². The highest BCUT2D eigenvalue weighted by Crippen LogP contribution is 2.38. The molecule has 1 aliphatic rings. The Hall–Kier alpha value is -2.87. The minimum absolute atomic E-state index is 0.104. The van der Waals surface area contributed by atoms with Gasteiger partial charge >= 0.3 is 11.9 Å². The Morgan fingerprint density at radius 3 is 2.85 bits per heavy atom. The van der Waals surface area contributed by atoms with Crippen LogP contribution in [0.25, 0.3) is 6.08 Å². The zero-order chi connectivity index (χ0) is 18.7. The fraction of sp³-hybridized carbons (Fsp3) is 0.167. The van der Waals surface area contributed by atoms with Crippen LogP contribution in [0, 0.1) is 0 Å². The van der Waals surface area contributed by atoms with E-state index in [1.54, 1.807) is 30.3 Å². The summed E-state index contributed by atoms with van der Waals surface area (Å²) in [6.07, 6.45) is 3.01. The second-order valence-corrected chi connectivity index (χ2v) is 6.02. The van der Waals surface area contributed by atoms with Gasteiger partial charge in [0.15, 0.2) is 23.0 Å². The maximum atomic E-state index is 12.0. The van der Waals surface area contributed by atoms with Crippen molar-refractivity contribution in [2.24, 2.45) is 4.99 Å². The average molecular weight is 420 g/mol. The van der Waals surface area contributed by atoms with Gasteiger partial charge in [0.1, 0.15) is 0 Å². The van der Waals surface area contributed by atoms with Gasteiger partial charge in [-0.25, -0.2) is 9.79 Å². The number of furan rings is 1. The Labute approximate surface area is 157 Å². The van der Waals surface area contributed by atoms with Crippen LogP contribution in [-0.4, -0.2) is 24.4 Å². The first kappa shape index (κ1) is 17.9. The molecule has 0 fully saturated rings. The SMILES string of the molecule is CCOc1cc(/C=C2\N=C(c3ccco3)OC2=O)cc(Br)c1OC(C)=O. The number of rotatable bonds is 5. The first-order chi connectivity index (χ1) is 12.5. The Balaban J connectivity index is 1.97. The van der Waals surface area contributed by atoms with Gasteiger partial charge in [-0.3, -0.25) is 4.79 Å². The molecule has 0 aliphatic carbocycles. The summed E-state index contributed by atoms with van der Waals surface area (Å²) in [5, 5.41) is 0. The number of hydrogen-bond acceptors (Lipinski definition) is 7. The molecule has 2 aromatic rings. The maximum absolute atomic E-state index is 12.0. The molecule has 8 heteroatoms. The van der Waals surface area contributed by atoms with Crippen molar-refractivity contribution < 1.29 is 28.2 Å². The molecule has 3 rings (SSSR count). The van der Waals surface area contributed by atoms with Crippen molar-refractivity contribution in [2.75, 3.05) is 6.61 Å². The van der Waals surface area contributed by atoms with Crippen LogP contribution in [0.4, 0.5) is 0 Å². The molecule has 1 aromatic carbocycles. The zero-order valence-electron chi connectivity index (χ0n) is 13.9. The number of aliphatic imine (C=N–C) groups is 1. The molecule has 0 N–H and O–H groups in total. The lowest BCUT2D eigenvalue weighted by molar-refractivity contribution is -0.132. The molecule has 1 aromatic heterocycles. The van der Waals surface area contributed by atoms with E-state index in [0.717, 1.165) is 0 Å². The largest absolute Gasteiger partial charge is 0.490 e. The van der Waals surface area contributed by atoms with Gasteiger partial charge in [-0.15, -0.1) is 0 Å². The minimum Gasteiger partial charge on any atom is -0.490 e. The number of ether oxygens (including phenoxy) is 3. The molecule has 0 bridgehead atoms. The van der Waals surface area contributed by atoms with Crippen LogP contribution in [0.3, 0.4) is 0 Å². The summed E-state index contributed by atoms with van der Waals surface area (Å²) >= 11 is 3.35. The van der Waals surface area contributed by atoms with Crippen LogP contribution in [0.2, 0.25) is 0 Å². The third-order valence-electron chi connectivity index (χ3n) is 3.23. The smallest absolute Gasteiger partial charge is 0.363 e. The van der Waals surface area contributed by atoms with Crippen molar-refractivity contribution in [1.82, 2.24) is 0 Å². The minimum atomic E-state index is -0.588.